The molecule has 78 valence electrons. The maximum Gasteiger partial charge on any atom is 0.128 e. The van der Waals surface area contributed by atoms with E-state index in [1.165, 1.54) is 6.07 Å². The Labute approximate surface area is 91.8 Å². The van der Waals surface area contributed by atoms with Crippen molar-refractivity contribution >= 4 is 15.9 Å². The first-order chi connectivity index (χ1) is 6.63. The normalized spacial score (nSPS) is 12.9. The summed E-state index contributed by atoms with van der Waals surface area (Å²) in [6.45, 7) is 3.03. The van der Waals surface area contributed by atoms with Crippen LogP contribution in [0.4, 0.5) is 4.39 Å². The molecule has 1 aromatic carbocycles. The summed E-state index contributed by atoms with van der Waals surface area (Å²) in [5, 5.41) is 3.13. The van der Waals surface area contributed by atoms with Crippen molar-refractivity contribution in [1.29, 1.82) is 0 Å². The van der Waals surface area contributed by atoms with E-state index in [0.717, 1.165) is 4.47 Å². The van der Waals surface area contributed by atoms with Crippen LogP contribution in [0, 0.1) is 5.82 Å². The van der Waals surface area contributed by atoms with Gasteiger partial charge in [0, 0.05) is 29.2 Å². The van der Waals surface area contributed by atoms with Crippen LogP contribution in [0.1, 0.15) is 12.5 Å². The van der Waals surface area contributed by atoms with E-state index in [0.29, 0.717) is 18.7 Å². The van der Waals surface area contributed by atoms with E-state index in [-0.39, 0.29) is 11.9 Å². The third kappa shape index (κ3) is 3.36. The molecule has 4 heteroatoms. The van der Waals surface area contributed by atoms with E-state index in [1.54, 1.807) is 6.07 Å². The fourth-order valence-corrected chi connectivity index (χ4v) is 1.37. The third-order valence-corrected chi connectivity index (χ3v) is 2.50. The second-order valence-corrected chi connectivity index (χ2v) is 4.17. The van der Waals surface area contributed by atoms with E-state index >= 15 is 0 Å². The summed E-state index contributed by atoms with van der Waals surface area (Å²) in [5.41, 5.74) is 6.10. The molecule has 1 aromatic rings. The van der Waals surface area contributed by atoms with Crippen molar-refractivity contribution in [2.75, 3.05) is 6.54 Å². The molecule has 0 unspecified atom stereocenters. The lowest BCUT2D eigenvalue weighted by molar-refractivity contribution is 0.533. The van der Waals surface area contributed by atoms with Crippen LogP contribution in [-0.2, 0) is 6.54 Å². The van der Waals surface area contributed by atoms with E-state index < -0.39 is 0 Å². The molecule has 0 aliphatic heterocycles. The minimum absolute atomic E-state index is 0.198. The Morgan fingerprint density at radius 1 is 1.57 bits per heavy atom. The summed E-state index contributed by atoms with van der Waals surface area (Å²) in [6, 6.07) is 5.26. The number of nitrogens with one attached hydrogen (secondary N) is 1. The van der Waals surface area contributed by atoms with Gasteiger partial charge in [0.05, 0.1) is 0 Å². The van der Waals surface area contributed by atoms with Crippen molar-refractivity contribution in [1.82, 2.24) is 5.32 Å². The van der Waals surface area contributed by atoms with Crippen molar-refractivity contribution in [2.24, 2.45) is 5.73 Å². The van der Waals surface area contributed by atoms with Crippen molar-refractivity contribution in [3.8, 4) is 0 Å². The molecule has 2 nitrogen and oxygen atoms in total. The standard InChI is InChI=1S/C10H14BrFN2/c1-7(5-13)14-6-8-2-3-9(11)4-10(8)12/h2-4,7,14H,5-6,13H2,1H3/t7-/m1/s1. The smallest absolute Gasteiger partial charge is 0.128 e. The number of halogens is 2. The Balaban J connectivity index is 2.59. The number of nitrogens with two attached hydrogens (primary N) is 1. The van der Waals surface area contributed by atoms with Gasteiger partial charge in [-0.15, -0.1) is 0 Å². The minimum atomic E-state index is -0.198. The second-order valence-electron chi connectivity index (χ2n) is 3.25. The molecular weight excluding hydrogens is 247 g/mol. The molecule has 0 bridgehead atoms. The van der Waals surface area contributed by atoms with Crippen LogP contribution < -0.4 is 11.1 Å². The average molecular weight is 261 g/mol. The maximum absolute atomic E-state index is 13.3. The number of rotatable bonds is 4. The zero-order valence-corrected chi connectivity index (χ0v) is 9.64. The van der Waals surface area contributed by atoms with Crippen molar-refractivity contribution < 1.29 is 4.39 Å². The topological polar surface area (TPSA) is 38.0 Å². The number of benzene rings is 1. The molecule has 1 atom stereocenters. The molecule has 0 radical (unpaired) electrons. The fourth-order valence-electron chi connectivity index (χ4n) is 1.03. The number of hydrogen-bond donors (Lipinski definition) is 2. The fraction of sp³-hybridized carbons (Fsp3) is 0.400. The molecule has 0 aliphatic rings. The largest absolute Gasteiger partial charge is 0.329 e. The molecule has 0 amide bonds. The van der Waals surface area contributed by atoms with Crippen LogP contribution in [0.15, 0.2) is 22.7 Å². The Morgan fingerprint density at radius 2 is 2.29 bits per heavy atom. The molecule has 3 N–H and O–H groups in total. The summed E-state index contributed by atoms with van der Waals surface area (Å²) in [6.07, 6.45) is 0. The van der Waals surface area contributed by atoms with E-state index in [4.69, 9.17) is 5.73 Å². The Bertz CT molecular complexity index is 304. The predicted molar refractivity (Wildman–Crippen MR) is 59.5 cm³/mol. The predicted octanol–water partition coefficient (Wildman–Crippen LogP) is 2.03. The van der Waals surface area contributed by atoms with E-state index in [9.17, 15) is 4.39 Å². The van der Waals surface area contributed by atoms with Crippen LogP contribution in [0.25, 0.3) is 0 Å². The summed E-state index contributed by atoms with van der Waals surface area (Å²) >= 11 is 3.21. The lowest BCUT2D eigenvalue weighted by Gasteiger charge is -2.11. The molecule has 0 aromatic heterocycles. The molecule has 1 rings (SSSR count). The van der Waals surface area contributed by atoms with Gasteiger partial charge in [-0.3, -0.25) is 0 Å². The molecule has 0 fully saturated rings. The average Bonchev–Trinajstić information content (AvgIpc) is 2.16. The third-order valence-electron chi connectivity index (χ3n) is 2.01. The first-order valence-electron chi connectivity index (χ1n) is 4.51. The maximum atomic E-state index is 13.3. The number of hydrogen-bond acceptors (Lipinski definition) is 2. The molecule has 0 spiro atoms. The van der Waals surface area contributed by atoms with Gasteiger partial charge >= 0.3 is 0 Å². The van der Waals surface area contributed by atoms with Gasteiger partial charge in [-0.1, -0.05) is 22.0 Å². The van der Waals surface area contributed by atoms with Crippen LogP contribution in [-0.4, -0.2) is 12.6 Å². The quantitative estimate of drug-likeness (QED) is 0.870. The first kappa shape index (κ1) is 11.6. The van der Waals surface area contributed by atoms with Crippen LogP contribution in [0.5, 0.6) is 0 Å². The van der Waals surface area contributed by atoms with Gasteiger partial charge in [-0.2, -0.15) is 0 Å². The Morgan fingerprint density at radius 3 is 2.86 bits per heavy atom. The van der Waals surface area contributed by atoms with E-state index in [1.807, 2.05) is 13.0 Å². The minimum Gasteiger partial charge on any atom is -0.329 e. The zero-order valence-electron chi connectivity index (χ0n) is 8.06. The summed E-state index contributed by atoms with van der Waals surface area (Å²) < 4.78 is 14.1. The van der Waals surface area contributed by atoms with Crippen LogP contribution >= 0.6 is 15.9 Å². The highest BCUT2D eigenvalue weighted by molar-refractivity contribution is 9.10. The van der Waals surface area contributed by atoms with Gasteiger partial charge in [-0.25, -0.2) is 4.39 Å². The molecule has 0 saturated carbocycles. The SMILES string of the molecule is C[C@H](CN)NCc1ccc(Br)cc1F. The van der Waals surface area contributed by atoms with Gasteiger partial charge in [0.2, 0.25) is 0 Å². The molecule has 0 aliphatic carbocycles. The highest BCUT2D eigenvalue weighted by atomic mass is 79.9. The van der Waals surface area contributed by atoms with Gasteiger partial charge in [0.25, 0.3) is 0 Å². The Kier molecular flexibility index (Phi) is 4.51. The van der Waals surface area contributed by atoms with Crippen molar-refractivity contribution in [3.63, 3.8) is 0 Å². The lowest BCUT2D eigenvalue weighted by atomic mass is 10.2. The summed E-state index contributed by atoms with van der Waals surface area (Å²) in [5.74, 6) is -0.198. The first-order valence-corrected chi connectivity index (χ1v) is 5.30. The second kappa shape index (κ2) is 5.44. The summed E-state index contributed by atoms with van der Waals surface area (Å²) in [7, 11) is 0. The molecule has 14 heavy (non-hydrogen) atoms. The van der Waals surface area contributed by atoms with Gasteiger partial charge < -0.3 is 11.1 Å². The van der Waals surface area contributed by atoms with Crippen LogP contribution in [0.3, 0.4) is 0 Å². The monoisotopic (exact) mass is 260 g/mol. The van der Waals surface area contributed by atoms with Gasteiger partial charge in [0.1, 0.15) is 5.82 Å². The van der Waals surface area contributed by atoms with E-state index in [2.05, 4.69) is 21.2 Å². The van der Waals surface area contributed by atoms with Gasteiger partial charge in [0.15, 0.2) is 0 Å². The molecule has 0 heterocycles. The van der Waals surface area contributed by atoms with Gasteiger partial charge in [-0.05, 0) is 19.1 Å². The highest BCUT2D eigenvalue weighted by Crippen LogP contribution is 2.14. The molecule has 0 saturated heterocycles. The lowest BCUT2D eigenvalue weighted by Crippen LogP contribution is -2.32. The van der Waals surface area contributed by atoms with Crippen molar-refractivity contribution in [2.45, 2.75) is 19.5 Å². The highest BCUT2D eigenvalue weighted by Gasteiger charge is 2.03. The van der Waals surface area contributed by atoms with Crippen LogP contribution in [0.2, 0.25) is 0 Å². The Hall–Kier alpha value is -0.450. The zero-order chi connectivity index (χ0) is 10.6. The molecular formula is C10H14BrFN2. The van der Waals surface area contributed by atoms with Crippen molar-refractivity contribution in [3.05, 3.63) is 34.1 Å². The summed E-state index contributed by atoms with van der Waals surface area (Å²) in [4.78, 5) is 0.